The summed E-state index contributed by atoms with van der Waals surface area (Å²) in [6, 6.07) is 1.53. The fourth-order valence-electron chi connectivity index (χ4n) is 2.73. The van der Waals surface area contributed by atoms with Crippen LogP contribution >= 0.6 is 11.3 Å². The lowest BCUT2D eigenvalue weighted by Gasteiger charge is -2.27. The van der Waals surface area contributed by atoms with E-state index in [4.69, 9.17) is 7.10 Å². The van der Waals surface area contributed by atoms with Gasteiger partial charge in [-0.3, -0.25) is 14.6 Å². The summed E-state index contributed by atoms with van der Waals surface area (Å²) in [7, 11) is 0. The van der Waals surface area contributed by atoms with E-state index in [0.717, 1.165) is 17.6 Å². The van der Waals surface area contributed by atoms with E-state index in [1.807, 2.05) is 4.90 Å². The zero-order valence-electron chi connectivity index (χ0n) is 15.3. The average molecular weight is 387 g/mol. The van der Waals surface area contributed by atoms with Gasteiger partial charge in [-0.25, -0.2) is 4.98 Å². The third kappa shape index (κ3) is 3.65. The smallest absolute Gasteiger partial charge is 0.277 e. The summed E-state index contributed by atoms with van der Waals surface area (Å²) >= 11 is 1.22. The lowest BCUT2D eigenvalue weighted by atomic mass is 10.3. The largest absolute Gasteiger partial charge is 0.354 e. The van der Waals surface area contributed by atoms with Gasteiger partial charge in [-0.1, -0.05) is 11.3 Å². The van der Waals surface area contributed by atoms with Gasteiger partial charge >= 0.3 is 0 Å². The summed E-state index contributed by atoms with van der Waals surface area (Å²) in [5.41, 5.74) is 5.91. The van der Waals surface area contributed by atoms with E-state index in [2.05, 4.69) is 25.7 Å². The lowest BCUT2D eigenvalue weighted by Crippen LogP contribution is -2.44. The number of nitrogens with one attached hydrogen (secondary N) is 2. The van der Waals surface area contributed by atoms with Gasteiger partial charge in [0.05, 0.1) is 19.8 Å². The van der Waals surface area contributed by atoms with Gasteiger partial charge in [-0.15, -0.1) is 0 Å². The third-order valence-corrected chi connectivity index (χ3v) is 5.00. The van der Waals surface area contributed by atoms with Crippen LogP contribution in [0.5, 0.6) is 0 Å². The van der Waals surface area contributed by atoms with Crippen LogP contribution in [0.4, 0.5) is 11.5 Å². The standard InChI is InChI=1S/C16H18N8O2S/c17-7-13(25)20-11-5-10(8-19-9-11)15-22-24-14(26)6-12(21-16(24)27-15)23-3-1-18-2-4-23/h5-6,8-9,18H,1-4,7,17H2,(H,20,25)/i6D. The predicted molar refractivity (Wildman–Crippen MR) is 103 cm³/mol. The van der Waals surface area contributed by atoms with Crippen molar-refractivity contribution >= 4 is 33.7 Å². The fraction of sp³-hybridized carbons (Fsp3) is 0.312. The molecular formula is C16H18N8O2S. The van der Waals surface area contributed by atoms with Crippen LogP contribution in [-0.2, 0) is 4.79 Å². The third-order valence-electron chi connectivity index (χ3n) is 4.04. The summed E-state index contributed by atoms with van der Waals surface area (Å²) in [5.74, 6) is 0.0458. The molecule has 0 bridgehead atoms. The first-order valence-corrected chi connectivity index (χ1v) is 9.20. The number of amides is 1. The number of hydrogen-bond donors (Lipinski definition) is 3. The van der Waals surface area contributed by atoms with Gasteiger partial charge in [0.25, 0.3) is 5.56 Å². The quantitative estimate of drug-likeness (QED) is 0.547. The Balaban J connectivity index is 1.74. The van der Waals surface area contributed by atoms with Gasteiger partial charge in [0.2, 0.25) is 10.9 Å². The molecule has 1 fully saturated rings. The van der Waals surface area contributed by atoms with Gasteiger partial charge in [0, 0.05) is 44.0 Å². The molecule has 3 aromatic rings. The van der Waals surface area contributed by atoms with E-state index < -0.39 is 5.56 Å². The molecule has 27 heavy (non-hydrogen) atoms. The molecule has 3 aromatic heterocycles. The molecule has 1 aliphatic heterocycles. The minimum atomic E-state index is -0.512. The molecular weight excluding hydrogens is 368 g/mol. The molecule has 1 saturated heterocycles. The summed E-state index contributed by atoms with van der Waals surface area (Å²) in [4.78, 5) is 35.1. The number of anilines is 2. The van der Waals surface area contributed by atoms with Gasteiger partial charge in [-0.05, 0) is 6.07 Å². The number of carbonyl (C=O) groups excluding carboxylic acids is 1. The number of hydrogen-bond acceptors (Lipinski definition) is 9. The number of piperazine rings is 1. The first kappa shape index (κ1) is 16.3. The van der Waals surface area contributed by atoms with Crippen molar-refractivity contribution in [2.24, 2.45) is 5.73 Å². The van der Waals surface area contributed by atoms with E-state index in [9.17, 15) is 9.59 Å². The van der Waals surface area contributed by atoms with Gasteiger partial charge in [0.1, 0.15) is 10.8 Å². The molecule has 0 aliphatic carbocycles. The highest BCUT2D eigenvalue weighted by molar-refractivity contribution is 7.19. The van der Waals surface area contributed by atoms with E-state index in [-0.39, 0.29) is 18.5 Å². The monoisotopic (exact) mass is 387 g/mol. The van der Waals surface area contributed by atoms with Crippen molar-refractivity contribution in [2.75, 3.05) is 42.9 Å². The molecule has 0 spiro atoms. The zero-order valence-corrected chi connectivity index (χ0v) is 15.1. The van der Waals surface area contributed by atoms with Gasteiger partial charge in [0.15, 0.2) is 0 Å². The van der Waals surface area contributed by atoms with Crippen molar-refractivity contribution in [1.82, 2.24) is 24.9 Å². The van der Waals surface area contributed by atoms with Crippen LogP contribution in [0, 0.1) is 0 Å². The molecule has 0 atom stereocenters. The Morgan fingerprint density at radius 1 is 1.41 bits per heavy atom. The lowest BCUT2D eigenvalue weighted by molar-refractivity contribution is -0.114. The van der Waals surface area contributed by atoms with Crippen LogP contribution in [0.3, 0.4) is 0 Å². The molecule has 0 saturated carbocycles. The van der Waals surface area contributed by atoms with Crippen molar-refractivity contribution in [3.05, 3.63) is 34.9 Å². The van der Waals surface area contributed by atoms with Crippen LogP contribution < -0.4 is 26.8 Å². The van der Waals surface area contributed by atoms with Gasteiger partial charge < -0.3 is 21.3 Å². The maximum atomic E-state index is 12.6. The maximum Gasteiger partial charge on any atom is 0.277 e. The normalized spacial score (nSPS) is 15.0. The maximum absolute atomic E-state index is 12.6. The molecule has 0 aromatic carbocycles. The first-order chi connectivity index (χ1) is 13.6. The number of rotatable bonds is 4. The predicted octanol–water partition coefficient (Wildman–Crippen LogP) is -0.480. The topological polar surface area (TPSA) is 131 Å². The molecule has 1 amide bonds. The van der Waals surface area contributed by atoms with Crippen molar-refractivity contribution in [3.8, 4) is 10.6 Å². The van der Waals surface area contributed by atoms with Crippen LogP contribution in [0.1, 0.15) is 1.37 Å². The van der Waals surface area contributed by atoms with Crippen LogP contribution in [0.25, 0.3) is 15.5 Å². The molecule has 1 aliphatic rings. The van der Waals surface area contributed by atoms with Crippen molar-refractivity contribution in [2.45, 2.75) is 0 Å². The minimum absolute atomic E-state index is 0.133. The Bertz CT molecular complexity index is 1090. The van der Waals surface area contributed by atoms with Crippen molar-refractivity contribution in [3.63, 3.8) is 0 Å². The van der Waals surface area contributed by atoms with Crippen LogP contribution in [-0.4, -0.2) is 58.2 Å². The Kier molecular flexibility index (Phi) is 4.46. The summed E-state index contributed by atoms with van der Waals surface area (Å²) in [6.45, 7) is 2.80. The molecule has 11 heteroatoms. The Labute approximate surface area is 159 Å². The van der Waals surface area contributed by atoms with E-state index in [1.165, 1.54) is 17.5 Å². The number of nitrogens with zero attached hydrogens (tertiary/aromatic N) is 5. The molecule has 4 heterocycles. The second kappa shape index (κ2) is 7.39. The van der Waals surface area contributed by atoms with Crippen LogP contribution in [0.2, 0.25) is 0 Å². The van der Waals surface area contributed by atoms with E-state index >= 15 is 0 Å². The highest BCUT2D eigenvalue weighted by Crippen LogP contribution is 2.26. The minimum Gasteiger partial charge on any atom is -0.354 e. The highest BCUT2D eigenvalue weighted by atomic mass is 32.1. The second-order valence-corrected chi connectivity index (χ2v) is 6.87. The molecule has 10 nitrogen and oxygen atoms in total. The molecule has 140 valence electrons. The number of pyridine rings is 1. The fourth-order valence-corrected chi connectivity index (χ4v) is 3.60. The average Bonchev–Trinajstić information content (AvgIpc) is 3.16. The zero-order chi connectivity index (χ0) is 19.7. The molecule has 4 rings (SSSR count). The molecule has 0 unspecified atom stereocenters. The van der Waals surface area contributed by atoms with Gasteiger partial charge in [-0.2, -0.15) is 9.61 Å². The summed E-state index contributed by atoms with van der Waals surface area (Å²) < 4.78 is 9.33. The summed E-state index contributed by atoms with van der Waals surface area (Å²) in [6.07, 6.45) is 3.08. The number of carbonyl (C=O) groups is 1. The van der Waals surface area contributed by atoms with E-state index in [0.29, 0.717) is 40.1 Å². The van der Waals surface area contributed by atoms with Crippen LogP contribution in [0.15, 0.2) is 29.3 Å². The molecule has 4 N–H and O–H groups in total. The van der Waals surface area contributed by atoms with Crippen molar-refractivity contribution < 1.29 is 6.17 Å². The van der Waals surface area contributed by atoms with E-state index in [1.54, 1.807) is 12.3 Å². The highest BCUT2D eigenvalue weighted by Gasteiger charge is 2.16. The number of fused-ring (bicyclic) bond motifs is 1. The summed E-state index contributed by atoms with van der Waals surface area (Å²) in [5, 5.41) is 10.7. The van der Waals surface area contributed by atoms with Crippen molar-refractivity contribution in [1.29, 1.82) is 0 Å². The number of aromatic nitrogens is 4. The first-order valence-electron chi connectivity index (χ1n) is 8.88. The Morgan fingerprint density at radius 2 is 2.22 bits per heavy atom. The Hall–Kier alpha value is -2.89. The molecule has 0 radical (unpaired) electrons. The second-order valence-electron chi connectivity index (χ2n) is 5.92. The Morgan fingerprint density at radius 3 is 3.00 bits per heavy atom. The number of nitrogens with two attached hydrogens (primary N) is 1. The SMILES string of the molecule is [2H]c1c(N2CCNCC2)nc2sc(-c3cncc(NC(=O)CN)c3)nn2c1=O.